The van der Waals surface area contributed by atoms with Crippen molar-refractivity contribution in [1.29, 1.82) is 0 Å². The third-order valence-corrected chi connectivity index (χ3v) is 3.43. The summed E-state index contributed by atoms with van der Waals surface area (Å²) in [6.07, 6.45) is 4.22. The SMILES string of the molecule is COc1ccccc1CC(=O)CN1CCCCC1. The van der Waals surface area contributed by atoms with E-state index in [1.807, 2.05) is 24.3 Å². The zero-order chi connectivity index (χ0) is 12.8. The van der Waals surface area contributed by atoms with Gasteiger partial charge in [-0.15, -0.1) is 0 Å². The summed E-state index contributed by atoms with van der Waals surface area (Å²) in [4.78, 5) is 14.3. The summed E-state index contributed by atoms with van der Waals surface area (Å²) in [6.45, 7) is 2.72. The van der Waals surface area contributed by atoms with E-state index in [1.165, 1.54) is 19.3 Å². The minimum atomic E-state index is 0.279. The van der Waals surface area contributed by atoms with Crippen molar-refractivity contribution in [2.24, 2.45) is 0 Å². The van der Waals surface area contributed by atoms with Crippen molar-refractivity contribution in [3.05, 3.63) is 29.8 Å². The predicted octanol–water partition coefficient (Wildman–Crippen LogP) is 2.29. The molecule has 98 valence electrons. The summed E-state index contributed by atoms with van der Waals surface area (Å²) in [5.41, 5.74) is 0.988. The summed E-state index contributed by atoms with van der Waals surface area (Å²) in [5, 5.41) is 0. The predicted molar refractivity (Wildman–Crippen MR) is 72.0 cm³/mol. The van der Waals surface area contributed by atoms with Crippen LogP contribution >= 0.6 is 0 Å². The molecule has 0 spiro atoms. The van der Waals surface area contributed by atoms with Gasteiger partial charge in [0.15, 0.2) is 5.78 Å². The fraction of sp³-hybridized carbons (Fsp3) is 0.533. The molecule has 1 saturated heterocycles. The second-order valence-electron chi connectivity index (χ2n) is 4.86. The molecule has 0 amide bonds. The number of ether oxygens (including phenoxy) is 1. The standard InChI is InChI=1S/C15H21NO2/c1-18-15-8-4-3-7-13(15)11-14(17)12-16-9-5-2-6-10-16/h3-4,7-8H,2,5-6,9-12H2,1H3. The molecule has 0 N–H and O–H groups in total. The summed E-state index contributed by atoms with van der Waals surface area (Å²) >= 11 is 0. The highest BCUT2D eigenvalue weighted by Gasteiger charge is 2.15. The number of ketones is 1. The Morgan fingerprint density at radius 2 is 1.94 bits per heavy atom. The van der Waals surface area contributed by atoms with Crippen LogP contribution in [0.5, 0.6) is 5.75 Å². The number of Topliss-reactive ketones (excluding diaryl/α,β-unsaturated/α-hetero) is 1. The molecule has 0 aromatic heterocycles. The van der Waals surface area contributed by atoms with Gasteiger partial charge >= 0.3 is 0 Å². The monoisotopic (exact) mass is 247 g/mol. The highest BCUT2D eigenvalue weighted by molar-refractivity contribution is 5.83. The summed E-state index contributed by atoms with van der Waals surface area (Å²) in [6, 6.07) is 7.75. The average molecular weight is 247 g/mol. The zero-order valence-electron chi connectivity index (χ0n) is 11.0. The smallest absolute Gasteiger partial charge is 0.151 e. The minimum Gasteiger partial charge on any atom is -0.496 e. The maximum Gasteiger partial charge on any atom is 0.151 e. The molecular formula is C15H21NO2. The number of methoxy groups -OCH3 is 1. The van der Waals surface area contributed by atoms with Crippen molar-refractivity contribution in [3.63, 3.8) is 0 Å². The van der Waals surface area contributed by atoms with Crippen molar-refractivity contribution in [1.82, 2.24) is 4.90 Å². The fourth-order valence-corrected chi connectivity index (χ4v) is 2.48. The first-order valence-electron chi connectivity index (χ1n) is 6.65. The van der Waals surface area contributed by atoms with E-state index < -0.39 is 0 Å². The van der Waals surface area contributed by atoms with Crippen LogP contribution in [0.1, 0.15) is 24.8 Å². The molecule has 3 heteroatoms. The molecule has 1 fully saturated rings. The lowest BCUT2D eigenvalue weighted by atomic mass is 10.1. The lowest BCUT2D eigenvalue weighted by Crippen LogP contribution is -2.35. The lowest BCUT2D eigenvalue weighted by Gasteiger charge is -2.25. The molecule has 0 bridgehead atoms. The van der Waals surface area contributed by atoms with Crippen molar-refractivity contribution in [3.8, 4) is 5.75 Å². The quantitative estimate of drug-likeness (QED) is 0.799. The van der Waals surface area contributed by atoms with E-state index in [0.29, 0.717) is 13.0 Å². The van der Waals surface area contributed by atoms with Crippen LogP contribution in [0.2, 0.25) is 0 Å². The van der Waals surface area contributed by atoms with Gasteiger partial charge < -0.3 is 4.74 Å². The van der Waals surface area contributed by atoms with Crippen LogP contribution < -0.4 is 4.74 Å². The largest absolute Gasteiger partial charge is 0.496 e. The van der Waals surface area contributed by atoms with Gasteiger partial charge in [0.1, 0.15) is 5.75 Å². The first-order valence-corrected chi connectivity index (χ1v) is 6.65. The van der Waals surface area contributed by atoms with E-state index in [4.69, 9.17) is 4.74 Å². The number of carbonyl (C=O) groups excluding carboxylic acids is 1. The Kier molecular flexibility index (Phi) is 4.76. The molecule has 2 rings (SSSR count). The molecule has 0 saturated carbocycles. The number of nitrogens with zero attached hydrogens (tertiary/aromatic N) is 1. The van der Waals surface area contributed by atoms with E-state index in [2.05, 4.69) is 4.90 Å². The first kappa shape index (κ1) is 13.1. The van der Waals surface area contributed by atoms with E-state index in [1.54, 1.807) is 7.11 Å². The van der Waals surface area contributed by atoms with Gasteiger partial charge in [0.05, 0.1) is 13.7 Å². The number of para-hydroxylation sites is 1. The third-order valence-electron chi connectivity index (χ3n) is 3.43. The molecule has 0 radical (unpaired) electrons. The molecule has 0 atom stereocenters. The summed E-state index contributed by atoms with van der Waals surface area (Å²) < 4.78 is 5.27. The minimum absolute atomic E-state index is 0.279. The van der Waals surface area contributed by atoms with Crippen molar-refractivity contribution in [2.45, 2.75) is 25.7 Å². The molecule has 1 aliphatic rings. The number of piperidine rings is 1. The van der Waals surface area contributed by atoms with Crippen LogP contribution in [0.3, 0.4) is 0 Å². The molecule has 3 nitrogen and oxygen atoms in total. The maximum absolute atomic E-state index is 12.1. The maximum atomic E-state index is 12.1. The van der Waals surface area contributed by atoms with Crippen LogP contribution in [0.25, 0.3) is 0 Å². The second kappa shape index (κ2) is 6.55. The zero-order valence-corrected chi connectivity index (χ0v) is 11.0. The Hall–Kier alpha value is -1.35. The molecule has 18 heavy (non-hydrogen) atoms. The van der Waals surface area contributed by atoms with Gasteiger partial charge in [-0.25, -0.2) is 0 Å². The van der Waals surface area contributed by atoms with Crippen LogP contribution in [0.15, 0.2) is 24.3 Å². The Bertz CT molecular complexity index is 397. The van der Waals surface area contributed by atoms with Crippen LogP contribution in [0, 0.1) is 0 Å². The van der Waals surface area contributed by atoms with E-state index >= 15 is 0 Å². The Balaban J connectivity index is 1.90. The van der Waals surface area contributed by atoms with Gasteiger partial charge in [0.25, 0.3) is 0 Å². The number of rotatable bonds is 5. The van der Waals surface area contributed by atoms with Gasteiger partial charge in [-0.05, 0) is 32.0 Å². The second-order valence-corrected chi connectivity index (χ2v) is 4.86. The van der Waals surface area contributed by atoms with Gasteiger partial charge in [-0.2, -0.15) is 0 Å². The molecule has 0 aliphatic carbocycles. The molecule has 1 aliphatic heterocycles. The van der Waals surface area contributed by atoms with Crippen LogP contribution in [-0.4, -0.2) is 37.4 Å². The summed E-state index contributed by atoms with van der Waals surface area (Å²) in [7, 11) is 1.65. The van der Waals surface area contributed by atoms with Gasteiger partial charge in [-0.1, -0.05) is 24.6 Å². The average Bonchev–Trinajstić information content (AvgIpc) is 2.40. The number of carbonyl (C=O) groups is 1. The van der Waals surface area contributed by atoms with E-state index in [9.17, 15) is 4.79 Å². The van der Waals surface area contributed by atoms with Crippen LogP contribution in [0.4, 0.5) is 0 Å². The number of benzene rings is 1. The molecule has 1 aromatic carbocycles. The number of hydrogen-bond donors (Lipinski definition) is 0. The van der Waals surface area contributed by atoms with E-state index in [0.717, 1.165) is 24.4 Å². The molecule has 1 aromatic rings. The van der Waals surface area contributed by atoms with Crippen LogP contribution in [-0.2, 0) is 11.2 Å². The molecule has 0 unspecified atom stereocenters. The van der Waals surface area contributed by atoms with Gasteiger partial charge in [0.2, 0.25) is 0 Å². The van der Waals surface area contributed by atoms with Crippen molar-refractivity contribution >= 4 is 5.78 Å². The van der Waals surface area contributed by atoms with Gasteiger partial charge in [0, 0.05) is 12.0 Å². The lowest BCUT2D eigenvalue weighted by molar-refractivity contribution is -0.119. The topological polar surface area (TPSA) is 29.5 Å². The highest BCUT2D eigenvalue weighted by atomic mass is 16.5. The molecular weight excluding hydrogens is 226 g/mol. The van der Waals surface area contributed by atoms with Crippen molar-refractivity contribution in [2.75, 3.05) is 26.7 Å². The number of hydrogen-bond acceptors (Lipinski definition) is 3. The Labute approximate surface area is 109 Å². The summed E-state index contributed by atoms with van der Waals surface area (Å²) in [5.74, 6) is 1.09. The normalized spacial score (nSPS) is 16.5. The third kappa shape index (κ3) is 3.57. The van der Waals surface area contributed by atoms with Crippen molar-refractivity contribution < 1.29 is 9.53 Å². The highest BCUT2D eigenvalue weighted by Crippen LogP contribution is 2.18. The molecule has 1 heterocycles. The van der Waals surface area contributed by atoms with E-state index in [-0.39, 0.29) is 5.78 Å². The Morgan fingerprint density at radius 3 is 2.67 bits per heavy atom. The first-order chi connectivity index (χ1) is 8.79. The van der Waals surface area contributed by atoms with Gasteiger partial charge in [-0.3, -0.25) is 9.69 Å². The number of likely N-dealkylation sites (tertiary alicyclic amines) is 1. The Morgan fingerprint density at radius 1 is 1.22 bits per heavy atom. The fourth-order valence-electron chi connectivity index (χ4n) is 2.48.